The van der Waals surface area contributed by atoms with E-state index in [0.29, 0.717) is 23.7 Å². The molecule has 0 aromatic carbocycles. The fourth-order valence-corrected chi connectivity index (χ4v) is 2.73. The number of thioether (sulfide) groups is 1. The molecule has 1 atom stereocenters. The third-order valence-corrected chi connectivity index (χ3v) is 3.84. The van der Waals surface area contributed by atoms with Gasteiger partial charge in [-0.15, -0.1) is 0 Å². The Labute approximate surface area is 140 Å². The van der Waals surface area contributed by atoms with Gasteiger partial charge in [0, 0.05) is 18.9 Å². The Morgan fingerprint density at radius 2 is 2.30 bits per heavy atom. The van der Waals surface area contributed by atoms with Crippen LogP contribution in [0.3, 0.4) is 0 Å². The van der Waals surface area contributed by atoms with Crippen molar-refractivity contribution >= 4 is 17.9 Å². The molecule has 0 radical (unpaired) electrons. The van der Waals surface area contributed by atoms with Crippen LogP contribution in [0.4, 0.5) is 4.79 Å². The van der Waals surface area contributed by atoms with E-state index >= 15 is 0 Å². The average Bonchev–Trinajstić information content (AvgIpc) is 2.48. The monoisotopic (exact) mass is 335 g/mol. The van der Waals surface area contributed by atoms with Crippen molar-refractivity contribution in [2.45, 2.75) is 50.2 Å². The quantitative estimate of drug-likeness (QED) is 0.622. The van der Waals surface area contributed by atoms with E-state index in [2.05, 4.69) is 4.98 Å². The highest BCUT2D eigenvalue weighted by atomic mass is 32.2. The van der Waals surface area contributed by atoms with Crippen LogP contribution >= 0.6 is 11.8 Å². The molecule has 1 fully saturated rings. The van der Waals surface area contributed by atoms with Crippen LogP contribution in [-0.2, 0) is 4.74 Å². The number of nitriles is 1. The van der Waals surface area contributed by atoms with E-state index in [4.69, 9.17) is 14.7 Å². The highest BCUT2D eigenvalue weighted by Crippen LogP contribution is 2.29. The maximum atomic E-state index is 12.2. The third kappa shape index (κ3) is 5.32. The van der Waals surface area contributed by atoms with Gasteiger partial charge >= 0.3 is 6.09 Å². The van der Waals surface area contributed by atoms with Gasteiger partial charge in [-0.05, 0) is 51.4 Å². The average molecular weight is 335 g/mol. The van der Waals surface area contributed by atoms with Crippen molar-refractivity contribution in [2.24, 2.45) is 0 Å². The molecule has 1 aliphatic rings. The number of aromatic nitrogens is 1. The summed E-state index contributed by atoms with van der Waals surface area (Å²) in [4.78, 5) is 18.5. The zero-order valence-corrected chi connectivity index (χ0v) is 14.4. The van der Waals surface area contributed by atoms with Gasteiger partial charge in [0.1, 0.15) is 22.9 Å². The van der Waals surface area contributed by atoms with Crippen molar-refractivity contribution < 1.29 is 14.3 Å². The van der Waals surface area contributed by atoms with Crippen molar-refractivity contribution in [3.05, 3.63) is 18.5 Å². The second-order valence-electron chi connectivity index (χ2n) is 6.32. The molecule has 124 valence electrons. The second kappa shape index (κ2) is 7.55. The molecule has 2 rings (SSSR count). The molecule has 1 aliphatic heterocycles. The van der Waals surface area contributed by atoms with Crippen LogP contribution in [0.5, 0.6) is 5.75 Å². The van der Waals surface area contributed by atoms with E-state index < -0.39 is 5.60 Å². The Morgan fingerprint density at radius 1 is 1.52 bits per heavy atom. The van der Waals surface area contributed by atoms with E-state index in [1.165, 1.54) is 0 Å². The van der Waals surface area contributed by atoms with Crippen molar-refractivity contribution in [3.63, 3.8) is 0 Å². The molecule has 7 heteroatoms. The number of carbonyl (C=O) groups excluding carboxylic acids is 1. The number of rotatable bonds is 3. The van der Waals surface area contributed by atoms with Gasteiger partial charge < -0.3 is 14.4 Å². The molecule has 1 aromatic heterocycles. The van der Waals surface area contributed by atoms with Gasteiger partial charge in [-0.1, -0.05) is 0 Å². The first-order valence-electron chi connectivity index (χ1n) is 7.53. The third-order valence-electron chi connectivity index (χ3n) is 3.23. The molecule has 6 nitrogen and oxygen atoms in total. The minimum Gasteiger partial charge on any atom is -0.487 e. The van der Waals surface area contributed by atoms with Gasteiger partial charge in [0.25, 0.3) is 0 Å². The van der Waals surface area contributed by atoms with Crippen LogP contribution in [0.15, 0.2) is 23.4 Å². The molecule has 1 amide bonds. The SMILES string of the molecule is CC(C)(C)OC(=O)N1CCC[C@@H](Oc2ccncc2SC#N)C1. The number of hydrogen-bond donors (Lipinski definition) is 0. The molecule has 0 saturated carbocycles. The fourth-order valence-electron chi connectivity index (χ4n) is 2.30. The standard InChI is InChI=1S/C16H21N3O3S/c1-16(2,3)22-15(20)19-8-4-5-12(10-19)21-13-6-7-18-9-14(13)23-11-17/h6-7,9,12H,4-5,8,10H2,1-3H3/t12-/m1/s1. The normalized spacial score (nSPS) is 18.2. The molecule has 0 bridgehead atoms. The van der Waals surface area contributed by atoms with Gasteiger partial charge in [0.15, 0.2) is 0 Å². The van der Waals surface area contributed by atoms with Gasteiger partial charge in [-0.2, -0.15) is 5.26 Å². The van der Waals surface area contributed by atoms with E-state index in [1.807, 2.05) is 26.2 Å². The number of likely N-dealkylation sites (tertiary alicyclic amines) is 1. The van der Waals surface area contributed by atoms with Crippen molar-refractivity contribution in [3.8, 4) is 11.2 Å². The largest absolute Gasteiger partial charge is 0.487 e. The number of carbonyl (C=O) groups is 1. The van der Waals surface area contributed by atoms with Gasteiger partial charge in [-0.25, -0.2) is 4.79 Å². The molecular formula is C16H21N3O3S. The topological polar surface area (TPSA) is 75.4 Å². The predicted octanol–water partition coefficient (Wildman–Crippen LogP) is 3.43. The predicted molar refractivity (Wildman–Crippen MR) is 87.2 cm³/mol. The molecular weight excluding hydrogens is 314 g/mol. The zero-order valence-electron chi connectivity index (χ0n) is 13.6. The Balaban J connectivity index is 1.99. The summed E-state index contributed by atoms with van der Waals surface area (Å²) < 4.78 is 11.4. The number of ether oxygens (including phenoxy) is 2. The summed E-state index contributed by atoms with van der Waals surface area (Å²) in [5.74, 6) is 0.627. The number of piperidine rings is 1. The smallest absolute Gasteiger partial charge is 0.410 e. The number of pyridine rings is 1. The van der Waals surface area contributed by atoms with Gasteiger partial charge in [0.05, 0.1) is 11.4 Å². The fraction of sp³-hybridized carbons (Fsp3) is 0.562. The molecule has 23 heavy (non-hydrogen) atoms. The summed E-state index contributed by atoms with van der Waals surface area (Å²) >= 11 is 1.02. The highest BCUT2D eigenvalue weighted by molar-refractivity contribution is 8.03. The van der Waals surface area contributed by atoms with Crippen LogP contribution in [0.2, 0.25) is 0 Å². The summed E-state index contributed by atoms with van der Waals surface area (Å²) in [6.07, 6.45) is 4.53. The number of nitrogens with zero attached hydrogens (tertiary/aromatic N) is 3. The summed E-state index contributed by atoms with van der Waals surface area (Å²) in [5.41, 5.74) is -0.507. The summed E-state index contributed by atoms with van der Waals surface area (Å²) in [6, 6.07) is 1.74. The second-order valence-corrected chi connectivity index (χ2v) is 7.15. The van der Waals surface area contributed by atoms with E-state index in [1.54, 1.807) is 23.4 Å². The molecule has 0 unspecified atom stereocenters. The highest BCUT2D eigenvalue weighted by Gasteiger charge is 2.28. The van der Waals surface area contributed by atoms with Crippen LogP contribution in [0.1, 0.15) is 33.6 Å². The first kappa shape index (κ1) is 17.4. The summed E-state index contributed by atoms with van der Waals surface area (Å²) in [5, 5.41) is 10.9. The lowest BCUT2D eigenvalue weighted by Gasteiger charge is -2.34. The van der Waals surface area contributed by atoms with Gasteiger partial charge in [-0.3, -0.25) is 4.98 Å². The van der Waals surface area contributed by atoms with Crippen LogP contribution < -0.4 is 4.74 Å². The molecule has 0 spiro atoms. The number of amides is 1. The maximum Gasteiger partial charge on any atom is 0.410 e. The number of thiocyanates is 1. The molecule has 2 heterocycles. The van der Waals surface area contributed by atoms with Crippen LogP contribution in [0, 0.1) is 10.7 Å². The Bertz CT molecular complexity index is 595. The summed E-state index contributed by atoms with van der Waals surface area (Å²) in [7, 11) is 0. The number of hydrogen-bond acceptors (Lipinski definition) is 6. The lowest BCUT2D eigenvalue weighted by molar-refractivity contribution is 0.00743. The molecule has 1 saturated heterocycles. The Kier molecular flexibility index (Phi) is 5.72. The zero-order chi connectivity index (χ0) is 16.9. The minimum atomic E-state index is -0.507. The maximum absolute atomic E-state index is 12.2. The molecule has 1 aromatic rings. The Hall–Kier alpha value is -1.94. The van der Waals surface area contributed by atoms with Crippen molar-refractivity contribution in [2.75, 3.05) is 13.1 Å². The summed E-state index contributed by atoms with van der Waals surface area (Å²) in [6.45, 7) is 6.71. The molecule has 0 N–H and O–H groups in total. The Morgan fingerprint density at radius 3 is 3.00 bits per heavy atom. The first-order valence-corrected chi connectivity index (χ1v) is 8.35. The van der Waals surface area contributed by atoms with Crippen LogP contribution in [0.25, 0.3) is 0 Å². The van der Waals surface area contributed by atoms with E-state index in [9.17, 15) is 4.79 Å². The minimum absolute atomic E-state index is 0.114. The van der Waals surface area contributed by atoms with Crippen LogP contribution in [-0.4, -0.2) is 40.8 Å². The first-order chi connectivity index (χ1) is 10.9. The van der Waals surface area contributed by atoms with E-state index in [0.717, 1.165) is 24.6 Å². The van der Waals surface area contributed by atoms with E-state index in [-0.39, 0.29) is 12.2 Å². The van der Waals surface area contributed by atoms with Crippen molar-refractivity contribution in [1.82, 2.24) is 9.88 Å². The lowest BCUT2D eigenvalue weighted by atomic mass is 10.1. The van der Waals surface area contributed by atoms with Crippen molar-refractivity contribution in [1.29, 1.82) is 5.26 Å². The van der Waals surface area contributed by atoms with Gasteiger partial charge in [0.2, 0.25) is 0 Å². The molecule has 0 aliphatic carbocycles. The lowest BCUT2D eigenvalue weighted by Crippen LogP contribution is -2.46.